The predicted molar refractivity (Wildman–Crippen MR) is 65.5 cm³/mol. The first kappa shape index (κ1) is 10.4. The van der Waals surface area contributed by atoms with Crippen molar-refractivity contribution in [2.45, 2.75) is 26.2 Å². The third kappa shape index (κ3) is 1.98. The lowest BCUT2D eigenvalue weighted by molar-refractivity contribution is 0.739. The van der Waals surface area contributed by atoms with Crippen LogP contribution in [0.25, 0.3) is 10.9 Å². The molecule has 0 bridgehead atoms. The lowest BCUT2D eigenvalue weighted by Crippen LogP contribution is -1.93. The molecule has 2 heteroatoms. The SMILES string of the molecule is CCC(C)c1ccnc2cc(Cl)ccc12. The Morgan fingerprint density at radius 2 is 2.13 bits per heavy atom. The Bertz CT molecular complexity index is 479. The molecular formula is C13H14ClN. The van der Waals surface area contributed by atoms with E-state index in [-0.39, 0.29) is 0 Å². The van der Waals surface area contributed by atoms with Gasteiger partial charge in [0.05, 0.1) is 5.52 Å². The summed E-state index contributed by atoms with van der Waals surface area (Å²) >= 11 is 5.94. The van der Waals surface area contributed by atoms with Gasteiger partial charge in [-0.25, -0.2) is 0 Å². The molecule has 15 heavy (non-hydrogen) atoms. The molecule has 0 N–H and O–H groups in total. The van der Waals surface area contributed by atoms with Gasteiger partial charge < -0.3 is 0 Å². The number of hydrogen-bond acceptors (Lipinski definition) is 1. The van der Waals surface area contributed by atoms with Crippen LogP contribution in [0.4, 0.5) is 0 Å². The van der Waals surface area contributed by atoms with E-state index in [9.17, 15) is 0 Å². The summed E-state index contributed by atoms with van der Waals surface area (Å²) < 4.78 is 0. The van der Waals surface area contributed by atoms with Crippen LogP contribution in [0, 0.1) is 0 Å². The van der Waals surface area contributed by atoms with Crippen LogP contribution in [0.1, 0.15) is 31.7 Å². The van der Waals surface area contributed by atoms with Gasteiger partial charge in [0.2, 0.25) is 0 Å². The fourth-order valence-corrected chi connectivity index (χ4v) is 1.96. The summed E-state index contributed by atoms with van der Waals surface area (Å²) in [5, 5.41) is 1.97. The first-order valence-corrected chi connectivity index (χ1v) is 5.64. The van der Waals surface area contributed by atoms with E-state index in [1.54, 1.807) is 0 Å². The van der Waals surface area contributed by atoms with Crippen molar-refractivity contribution in [3.63, 3.8) is 0 Å². The number of hydrogen-bond donors (Lipinski definition) is 0. The highest BCUT2D eigenvalue weighted by Crippen LogP contribution is 2.27. The standard InChI is InChI=1S/C13H14ClN/c1-3-9(2)11-6-7-15-13-8-10(14)4-5-12(11)13/h4-9H,3H2,1-2H3. The maximum absolute atomic E-state index is 5.94. The number of aromatic nitrogens is 1. The van der Waals surface area contributed by atoms with Gasteiger partial charge in [0.25, 0.3) is 0 Å². The Labute approximate surface area is 95.1 Å². The average molecular weight is 220 g/mol. The minimum Gasteiger partial charge on any atom is -0.256 e. The topological polar surface area (TPSA) is 12.9 Å². The number of benzene rings is 1. The van der Waals surface area contributed by atoms with Crippen molar-refractivity contribution in [1.82, 2.24) is 4.98 Å². The summed E-state index contributed by atoms with van der Waals surface area (Å²) in [4.78, 5) is 4.33. The van der Waals surface area contributed by atoms with Gasteiger partial charge in [-0.1, -0.05) is 31.5 Å². The van der Waals surface area contributed by atoms with Gasteiger partial charge in [0.15, 0.2) is 0 Å². The monoisotopic (exact) mass is 219 g/mol. The smallest absolute Gasteiger partial charge is 0.0719 e. The quantitative estimate of drug-likeness (QED) is 0.730. The van der Waals surface area contributed by atoms with E-state index in [0.29, 0.717) is 5.92 Å². The second-order valence-electron chi connectivity index (χ2n) is 3.87. The van der Waals surface area contributed by atoms with Gasteiger partial charge in [-0.2, -0.15) is 0 Å². The maximum atomic E-state index is 5.94. The molecule has 0 radical (unpaired) electrons. The second-order valence-corrected chi connectivity index (χ2v) is 4.31. The lowest BCUT2D eigenvalue weighted by Gasteiger charge is -2.11. The number of pyridine rings is 1. The molecule has 0 aliphatic heterocycles. The van der Waals surface area contributed by atoms with Gasteiger partial charge in [0, 0.05) is 16.6 Å². The van der Waals surface area contributed by atoms with Crippen LogP contribution in [0.5, 0.6) is 0 Å². The largest absolute Gasteiger partial charge is 0.256 e. The molecule has 0 aliphatic carbocycles. The van der Waals surface area contributed by atoms with E-state index in [0.717, 1.165) is 17.0 Å². The molecule has 0 fully saturated rings. The molecular weight excluding hydrogens is 206 g/mol. The van der Waals surface area contributed by atoms with Gasteiger partial charge in [-0.15, -0.1) is 0 Å². The third-order valence-electron chi connectivity index (χ3n) is 2.88. The maximum Gasteiger partial charge on any atom is 0.0719 e. The van der Waals surface area contributed by atoms with E-state index >= 15 is 0 Å². The molecule has 1 aromatic carbocycles. The molecule has 1 nitrogen and oxygen atoms in total. The Morgan fingerprint density at radius 1 is 1.33 bits per heavy atom. The van der Waals surface area contributed by atoms with Crippen LogP contribution in [0.2, 0.25) is 5.02 Å². The van der Waals surface area contributed by atoms with Crippen molar-refractivity contribution in [3.05, 3.63) is 41.0 Å². The molecule has 0 spiro atoms. The fourth-order valence-electron chi connectivity index (χ4n) is 1.79. The predicted octanol–water partition coefficient (Wildman–Crippen LogP) is 4.40. The summed E-state index contributed by atoms with van der Waals surface area (Å²) in [7, 11) is 0. The minimum atomic E-state index is 0.566. The highest BCUT2D eigenvalue weighted by atomic mass is 35.5. The summed E-state index contributed by atoms with van der Waals surface area (Å²) in [6.07, 6.45) is 3.00. The van der Waals surface area contributed by atoms with E-state index in [1.165, 1.54) is 10.9 Å². The molecule has 0 saturated heterocycles. The highest BCUT2D eigenvalue weighted by molar-refractivity contribution is 6.31. The molecule has 0 aliphatic rings. The van der Waals surface area contributed by atoms with Crippen molar-refractivity contribution in [3.8, 4) is 0 Å². The Morgan fingerprint density at radius 3 is 2.87 bits per heavy atom. The molecule has 1 heterocycles. The van der Waals surface area contributed by atoms with Crippen molar-refractivity contribution >= 4 is 22.5 Å². The highest BCUT2D eigenvalue weighted by Gasteiger charge is 2.07. The second kappa shape index (κ2) is 4.19. The third-order valence-corrected chi connectivity index (χ3v) is 3.12. The van der Waals surface area contributed by atoms with Crippen LogP contribution in [0.15, 0.2) is 30.5 Å². The zero-order valence-electron chi connectivity index (χ0n) is 9.00. The Hall–Kier alpha value is -1.08. The molecule has 2 rings (SSSR count). The van der Waals surface area contributed by atoms with E-state index in [2.05, 4.69) is 31.0 Å². The zero-order chi connectivity index (χ0) is 10.8. The van der Waals surface area contributed by atoms with Gasteiger partial charge in [-0.05, 0) is 36.1 Å². The summed E-state index contributed by atoms with van der Waals surface area (Å²) in [6.45, 7) is 4.44. The first-order chi connectivity index (χ1) is 7.22. The fraction of sp³-hybridized carbons (Fsp3) is 0.308. The van der Waals surface area contributed by atoms with Gasteiger partial charge >= 0.3 is 0 Å². The lowest BCUT2D eigenvalue weighted by atomic mass is 9.95. The van der Waals surface area contributed by atoms with Crippen LogP contribution in [-0.2, 0) is 0 Å². The molecule has 1 aromatic heterocycles. The van der Waals surface area contributed by atoms with E-state index in [4.69, 9.17) is 11.6 Å². The number of fused-ring (bicyclic) bond motifs is 1. The zero-order valence-corrected chi connectivity index (χ0v) is 9.75. The average Bonchev–Trinajstić information content (AvgIpc) is 2.26. The van der Waals surface area contributed by atoms with Crippen LogP contribution >= 0.6 is 11.6 Å². The first-order valence-electron chi connectivity index (χ1n) is 5.26. The number of nitrogens with zero attached hydrogens (tertiary/aromatic N) is 1. The summed E-state index contributed by atoms with van der Waals surface area (Å²) in [6, 6.07) is 8.01. The molecule has 1 atom stereocenters. The van der Waals surface area contributed by atoms with Crippen molar-refractivity contribution in [1.29, 1.82) is 0 Å². The van der Waals surface area contributed by atoms with Crippen LogP contribution in [0.3, 0.4) is 0 Å². The molecule has 0 saturated carbocycles. The van der Waals surface area contributed by atoms with Crippen molar-refractivity contribution in [2.24, 2.45) is 0 Å². The summed E-state index contributed by atoms with van der Waals surface area (Å²) in [5.74, 6) is 0.566. The molecule has 78 valence electrons. The van der Waals surface area contributed by atoms with Crippen molar-refractivity contribution in [2.75, 3.05) is 0 Å². The van der Waals surface area contributed by atoms with Gasteiger partial charge in [-0.3, -0.25) is 4.98 Å². The van der Waals surface area contributed by atoms with Crippen LogP contribution in [-0.4, -0.2) is 4.98 Å². The summed E-state index contributed by atoms with van der Waals surface area (Å²) in [5.41, 5.74) is 2.35. The van der Waals surface area contributed by atoms with E-state index in [1.807, 2.05) is 18.3 Å². The Balaban J connectivity index is 2.66. The Kier molecular flexibility index (Phi) is 2.92. The van der Waals surface area contributed by atoms with Gasteiger partial charge in [0.1, 0.15) is 0 Å². The molecule has 0 amide bonds. The van der Waals surface area contributed by atoms with E-state index < -0.39 is 0 Å². The molecule has 2 aromatic rings. The molecule has 1 unspecified atom stereocenters. The van der Waals surface area contributed by atoms with Crippen LogP contribution < -0.4 is 0 Å². The number of halogens is 1. The minimum absolute atomic E-state index is 0.566. The normalized spacial score (nSPS) is 13.0. The number of rotatable bonds is 2. The van der Waals surface area contributed by atoms with Crippen molar-refractivity contribution < 1.29 is 0 Å².